The van der Waals surface area contributed by atoms with Gasteiger partial charge in [0, 0.05) is 11.3 Å². The normalized spacial score (nSPS) is 33.8. The first-order chi connectivity index (χ1) is 5.87. The highest BCUT2D eigenvalue weighted by molar-refractivity contribution is 5.87. The Morgan fingerprint density at radius 1 is 1.31 bits per heavy atom. The number of hydrogen-bond donors (Lipinski definition) is 0. The summed E-state index contributed by atoms with van der Waals surface area (Å²) >= 11 is 0. The van der Waals surface area contributed by atoms with Crippen LogP contribution in [0.1, 0.15) is 47.5 Å². The summed E-state index contributed by atoms with van der Waals surface area (Å²) in [6, 6.07) is 0. The van der Waals surface area contributed by atoms with Gasteiger partial charge in [0.05, 0.1) is 0 Å². The van der Waals surface area contributed by atoms with E-state index in [-0.39, 0.29) is 11.3 Å². The van der Waals surface area contributed by atoms with Crippen LogP contribution < -0.4 is 0 Å². The van der Waals surface area contributed by atoms with Gasteiger partial charge in [0.15, 0.2) is 0 Å². The van der Waals surface area contributed by atoms with Crippen LogP contribution in [0.25, 0.3) is 0 Å². The van der Waals surface area contributed by atoms with Crippen molar-refractivity contribution in [2.45, 2.75) is 47.5 Å². The van der Waals surface area contributed by atoms with Crippen molar-refractivity contribution in [2.24, 2.45) is 23.2 Å². The van der Waals surface area contributed by atoms with E-state index in [0.717, 1.165) is 6.42 Å². The Hall–Kier alpha value is -0.330. The van der Waals surface area contributed by atoms with Crippen LogP contribution in [0, 0.1) is 23.2 Å². The molecule has 1 aliphatic carbocycles. The molecule has 0 saturated heterocycles. The van der Waals surface area contributed by atoms with Gasteiger partial charge in [0.25, 0.3) is 0 Å². The van der Waals surface area contributed by atoms with Gasteiger partial charge in [-0.3, -0.25) is 4.79 Å². The third kappa shape index (κ3) is 1.79. The molecule has 1 heteroatoms. The molecular weight excluding hydrogens is 160 g/mol. The molecule has 0 amide bonds. The first kappa shape index (κ1) is 10.7. The Morgan fingerprint density at radius 3 is 2.31 bits per heavy atom. The van der Waals surface area contributed by atoms with Crippen molar-refractivity contribution in [2.75, 3.05) is 0 Å². The van der Waals surface area contributed by atoms with Gasteiger partial charge in [-0.15, -0.1) is 0 Å². The lowest BCUT2D eigenvalue weighted by Crippen LogP contribution is -2.43. The van der Waals surface area contributed by atoms with Gasteiger partial charge >= 0.3 is 0 Å². The molecule has 1 fully saturated rings. The van der Waals surface area contributed by atoms with Gasteiger partial charge in [-0.05, 0) is 24.7 Å². The second-order valence-corrected chi connectivity index (χ2v) is 5.41. The van der Waals surface area contributed by atoms with Crippen LogP contribution in [-0.2, 0) is 4.79 Å². The number of carbonyl (C=O) groups is 1. The number of carbonyl (C=O) groups excluding carboxylic acids is 1. The Labute approximate surface area is 81.9 Å². The molecule has 0 N–H and O–H groups in total. The quantitative estimate of drug-likeness (QED) is 0.608. The molecule has 0 aromatic heterocycles. The van der Waals surface area contributed by atoms with E-state index >= 15 is 0 Å². The molecule has 1 nitrogen and oxygen atoms in total. The minimum Gasteiger partial charge on any atom is -0.299 e. The highest BCUT2D eigenvalue weighted by atomic mass is 16.1. The van der Waals surface area contributed by atoms with E-state index in [1.165, 1.54) is 6.42 Å². The lowest BCUT2D eigenvalue weighted by Gasteiger charge is -2.42. The van der Waals surface area contributed by atoms with Crippen molar-refractivity contribution in [1.82, 2.24) is 0 Å². The zero-order valence-corrected chi connectivity index (χ0v) is 9.55. The van der Waals surface area contributed by atoms with Gasteiger partial charge in [-0.1, -0.05) is 34.6 Å². The summed E-state index contributed by atoms with van der Waals surface area (Å²) in [5.41, 5.74) is -0.0914. The van der Waals surface area contributed by atoms with Crippen LogP contribution in [0.15, 0.2) is 0 Å². The lowest BCUT2D eigenvalue weighted by molar-refractivity contribution is -0.138. The molecule has 2 unspecified atom stereocenters. The first-order valence-electron chi connectivity index (χ1n) is 5.41. The number of hydrogen-bond acceptors (Lipinski definition) is 1. The van der Waals surface area contributed by atoms with E-state index in [9.17, 15) is 4.79 Å². The van der Waals surface area contributed by atoms with E-state index in [1.807, 2.05) is 0 Å². The summed E-state index contributed by atoms with van der Waals surface area (Å²) < 4.78 is 0. The van der Waals surface area contributed by atoms with Gasteiger partial charge in [-0.25, -0.2) is 0 Å². The van der Waals surface area contributed by atoms with E-state index in [4.69, 9.17) is 0 Å². The first-order valence-corrected chi connectivity index (χ1v) is 5.41. The molecular formula is C12H22O. The second-order valence-electron chi connectivity index (χ2n) is 5.41. The van der Waals surface area contributed by atoms with Crippen molar-refractivity contribution in [3.05, 3.63) is 0 Å². The smallest absolute Gasteiger partial charge is 0.141 e. The van der Waals surface area contributed by atoms with Crippen LogP contribution >= 0.6 is 0 Å². The Bertz CT molecular complexity index is 203. The van der Waals surface area contributed by atoms with Crippen LogP contribution in [0.3, 0.4) is 0 Å². The van der Waals surface area contributed by atoms with Crippen molar-refractivity contribution >= 4 is 5.78 Å². The number of Topliss-reactive ketones (excluding diaryl/α,β-unsaturated/α-hetero) is 1. The fourth-order valence-corrected chi connectivity index (χ4v) is 2.91. The lowest BCUT2D eigenvalue weighted by atomic mass is 9.61. The molecule has 0 aromatic carbocycles. The van der Waals surface area contributed by atoms with E-state index < -0.39 is 0 Å². The summed E-state index contributed by atoms with van der Waals surface area (Å²) in [4.78, 5) is 12.0. The molecule has 2 atom stereocenters. The molecule has 0 aromatic rings. The monoisotopic (exact) mass is 182 g/mol. The molecule has 1 aliphatic rings. The largest absolute Gasteiger partial charge is 0.299 e. The van der Waals surface area contributed by atoms with Crippen molar-refractivity contribution < 1.29 is 4.79 Å². The Balaban J connectivity index is 2.86. The average molecular weight is 182 g/mol. The second kappa shape index (κ2) is 3.43. The predicted octanol–water partition coefficient (Wildman–Crippen LogP) is 3.28. The molecule has 1 saturated carbocycles. The molecule has 76 valence electrons. The van der Waals surface area contributed by atoms with E-state index in [2.05, 4.69) is 34.6 Å². The molecule has 13 heavy (non-hydrogen) atoms. The summed E-state index contributed by atoms with van der Waals surface area (Å²) in [6.07, 6.45) is 2.31. The van der Waals surface area contributed by atoms with E-state index in [1.54, 1.807) is 0 Å². The number of ketones is 1. The SMILES string of the molecule is CC1CCC(C(C)C)C(C)(C)C1=O. The predicted molar refractivity (Wildman–Crippen MR) is 55.5 cm³/mol. The summed E-state index contributed by atoms with van der Waals surface area (Å²) in [5, 5.41) is 0. The maximum Gasteiger partial charge on any atom is 0.141 e. The fraction of sp³-hybridized carbons (Fsp3) is 0.917. The highest BCUT2D eigenvalue weighted by Gasteiger charge is 2.43. The molecule has 0 heterocycles. The van der Waals surface area contributed by atoms with Crippen LogP contribution in [0.2, 0.25) is 0 Å². The zero-order chi connectivity index (χ0) is 10.2. The van der Waals surface area contributed by atoms with Gasteiger partial charge in [0.2, 0.25) is 0 Å². The summed E-state index contributed by atoms with van der Waals surface area (Å²) in [7, 11) is 0. The zero-order valence-electron chi connectivity index (χ0n) is 9.55. The minimum atomic E-state index is -0.0914. The van der Waals surface area contributed by atoms with Crippen molar-refractivity contribution in [3.63, 3.8) is 0 Å². The maximum absolute atomic E-state index is 12.0. The van der Waals surface area contributed by atoms with Crippen LogP contribution in [-0.4, -0.2) is 5.78 Å². The Morgan fingerprint density at radius 2 is 1.85 bits per heavy atom. The van der Waals surface area contributed by atoms with Crippen LogP contribution in [0.5, 0.6) is 0 Å². The molecule has 0 bridgehead atoms. The topological polar surface area (TPSA) is 17.1 Å². The number of rotatable bonds is 1. The molecule has 0 radical (unpaired) electrons. The fourth-order valence-electron chi connectivity index (χ4n) is 2.91. The van der Waals surface area contributed by atoms with Gasteiger partial charge < -0.3 is 0 Å². The van der Waals surface area contributed by atoms with Crippen molar-refractivity contribution in [1.29, 1.82) is 0 Å². The maximum atomic E-state index is 12.0. The highest BCUT2D eigenvalue weighted by Crippen LogP contribution is 2.43. The minimum absolute atomic E-state index is 0.0914. The Kier molecular flexibility index (Phi) is 2.84. The third-order valence-electron chi connectivity index (χ3n) is 3.73. The van der Waals surface area contributed by atoms with Crippen LogP contribution in [0.4, 0.5) is 0 Å². The van der Waals surface area contributed by atoms with Gasteiger partial charge in [0.1, 0.15) is 5.78 Å². The molecule has 0 aliphatic heterocycles. The van der Waals surface area contributed by atoms with Gasteiger partial charge in [-0.2, -0.15) is 0 Å². The molecule has 0 spiro atoms. The average Bonchev–Trinajstić information content (AvgIpc) is 1.99. The molecule has 1 rings (SSSR count). The van der Waals surface area contributed by atoms with E-state index in [0.29, 0.717) is 17.6 Å². The summed E-state index contributed by atoms with van der Waals surface area (Å²) in [6.45, 7) is 10.8. The van der Waals surface area contributed by atoms with Crippen molar-refractivity contribution in [3.8, 4) is 0 Å². The standard InChI is InChI=1S/C12H22O/c1-8(2)10-7-6-9(3)11(13)12(10,4)5/h8-10H,6-7H2,1-5H3. The summed E-state index contributed by atoms with van der Waals surface area (Å²) in [5.74, 6) is 1.96. The third-order valence-corrected chi connectivity index (χ3v) is 3.73.